The Morgan fingerprint density at radius 3 is 2.00 bits per heavy atom. The Kier molecular flexibility index (Phi) is 3.36. The number of amides is 2. The van der Waals surface area contributed by atoms with Crippen molar-refractivity contribution in [2.45, 2.75) is 24.7 Å². The monoisotopic (exact) mass is 298 g/mol. The lowest BCUT2D eigenvalue weighted by molar-refractivity contribution is -0.122. The molecule has 2 aliphatic rings. The number of hydrogen-bond donors (Lipinski definition) is 1. The summed E-state index contributed by atoms with van der Waals surface area (Å²) in [6.07, 6.45) is 0.337. The van der Waals surface area contributed by atoms with Gasteiger partial charge in [0.1, 0.15) is 11.8 Å². The van der Waals surface area contributed by atoms with E-state index in [4.69, 9.17) is 0 Å². The number of nitrogens with one attached hydrogen (secondary N) is 1. The maximum absolute atomic E-state index is 12.6. The summed E-state index contributed by atoms with van der Waals surface area (Å²) in [6.45, 7) is 0. The molecule has 2 aliphatic carbocycles. The van der Waals surface area contributed by atoms with Gasteiger partial charge in [0, 0.05) is 12.8 Å². The first-order valence-electron chi connectivity index (χ1n) is 5.40. The molecule has 2 fully saturated rings. The molecule has 0 heterocycles. The van der Waals surface area contributed by atoms with Gasteiger partial charge in [-0.1, -0.05) is 11.8 Å². The molecule has 0 aromatic rings. The molecule has 0 aromatic carbocycles. The Hall–Kier alpha value is -1.12. The van der Waals surface area contributed by atoms with Gasteiger partial charge >= 0.3 is 0 Å². The Bertz CT molecular complexity index is 466. The van der Waals surface area contributed by atoms with Crippen LogP contribution < -0.4 is 5.32 Å². The molecule has 2 saturated carbocycles. The Balaban J connectivity index is 1.93. The lowest BCUT2D eigenvalue weighted by Gasteiger charge is -2.05. The van der Waals surface area contributed by atoms with Crippen LogP contribution >= 0.6 is 11.8 Å². The van der Waals surface area contributed by atoms with Gasteiger partial charge in [-0.15, -0.1) is 0 Å². The largest absolute Gasteiger partial charge is 0.305 e. The van der Waals surface area contributed by atoms with Crippen molar-refractivity contribution in [3.8, 4) is 0 Å². The molecule has 106 valence electrons. The highest BCUT2D eigenvalue weighted by Crippen LogP contribution is 2.49. The number of carbonyl (C=O) groups excluding carboxylic acids is 2. The van der Waals surface area contributed by atoms with Gasteiger partial charge in [0.15, 0.2) is 5.17 Å². The molecule has 0 bridgehead atoms. The minimum atomic E-state index is -3.04. The fraction of sp³-hybridized carbons (Fsp3) is 0.700. The fourth-order valence-corrected chi connectivity index (χ4v) is 1.86. The molecule has 0 aromatic heterocycles. The van der Waals surface area contributed by atoms with Gasteiger partial charge in [-0.2, -0.15) is 4.99 Å². The highest BCUT2D eigenvalue weighted by molar-refractivity contribution is 8.13. The average molecular weight is 298 g/mol. The second-order valence-corrected chi connectivity index (χ2v) is 5.28. The third kappa shape index (κ3) is 3.07. The number of carbonyl (C=O) groups is 2. The Morgan fingerprint density at radius 1 is 1.16 bits per heavy atom. The van der Waals surface area contributed by atoms with Crippen molar-refractivity contribution in [2.24, 2.45) is 16.8 Å². The maximum atomic E-state index is 12.6. The molecule has 2 rings (SSSR count). The predicted molar refractivity (Wildman–Crippen MR) is 60.2 cm³/mol. The van der Waals surface area contributed by atoms with Crippen molar-refractivity contribution in [3.63, 3.8) is 0 Å². The van der Waals surface area contributed by atoms with Crippen molar-refractivity contribution in [2.75, 3.05) is 6.26 Å². The molecule has 4 nitrogen and oxygen atoms in total. The normalized spacial score (nSPS) is 30.7. The first-order chi connectivity index (χ1) is 8.67. The highest BCUT2D eigenvalue weighted by Gasteiger charge is 2.62. The predicted octanol–water partition coefficient (Wildman–Crippen LogP) is 1.66. The Labute approximate surface area is 110 Å². The van der Waals surface area contributed by atoms with Gasteiger partial charge in [0.25, 0.3) is 17.8 Å². The summed E-state index contributed by atoms with van der Waals surface area (Å²) in [4.78, 5) is 26.0. The second kappa shape index (κ2) is 4.46. The molecular weight excluding hydrogens is 288 g/mol. The smallest absolute Gasteiger partial charge is 0.260 e. The molecule has 0 saturated heterocycles. The standard InChI is InChI=1S/C10H10F4N2O2S/c1-19-8(15-6(17)4-2-9(4,11)12)16-7(18)5-3-10(5,13)14/h4-5H,2-3H2,1H3,(H,15,16,17,18). The number of amidine groups is 1. The van der Waals surface area contributed by atoms with Crippen LogP contribution in [0.1, 0.15) is 12.8 Å². The van der Waals surface area contributed by atoms with E-state index in [1.807, 2.05) is 0 Å². The van der Waals surface area contributed by atoms with E-state index in [-0.39, 0.29) is 5.17 Å². The van der Waals surface area contributed by atoms with Gasteiger partial charge in [-0.25, -0.2) is 17.6 Å². The molecule has 19 heavy (non-hydrogen) atoms. The summed E-state index contributed by atoms with van der Waals surface area (Å²) < 4.78 is 50.5. The minimum absolute atomic E-state index is 0.236. The molecule has 9 heteroatoms. The summed E-state index contributed by atoms with van der Waals surface area (Å²) in [5.41, 5.74) is 0. The summed E-state index contributed by atoms with van der Waals surface area (Å²) in [7, 11) is 0. The van der Waals surface area contributed by atoms with E-state index in [1.54, 1.807) is 0 Å². The van der Waals surface area contributed by atoms with Crippen LogP contribution in [0.2, 0.25) is 0 Å². The van der Waals surface area contributed by atoms with Crippen LogP contribution in [0, 0.1) is 11.8 Å². The van der Waals surface area contributed by atoms with Gasteiger partial charge in [0.05, 0.1) is 0 Å². The van der Waals surface area contributed by atoms with Crippen LogP contribution in [0.4, 0.5) is 17.6 Å². The van der Waals surface area contributed by atoms with Gasteiger partial charge < -0.3 is 5.32 Å². The third-order valence-corrected chi connectivity index (χ3v) is 3.48. The average Bonchev–Trinajstić information content (AvgIpc) is 3.13. The van der Waals surface area contributed by atoms with E-state index in [0.717, 1.165) is 11.8 Å². The summed E-state index contributed by atoms with van der Waals surface area (Å²) in [6, 6.07) is 0. The first kappa shape index (κ1) is 14.3. The Morgan fingerprint density at radius 2 is 1.63 bits per heavy atom. The number of hydrogen-bond acceptors (Lipinski definition) is 3. The van der Waals surface area contributed by atoms with Crippen LogP contribution in [-0.2, 0) is 9.59 Å². The molecule has 2 amide bonds. The van der Waals surface area contributed by atoms with Crippen molar-refractivity contribution in [1.29, 1.82) is 0 Å². The van der Waals surface area contributed by atoms with Crippen LogP contribution in [0.3, 0.4) is 0 Å². The van der Waals surface area contributed by atoms with Crippen LogP contribution in [0.5, 0.6) is 0 Å². The molecule has 2 unspecified atom stereocenters. The van der Waals surface area contributed by atoms with Crippen molar-refractivity contribution in [3.05, 3.63) is 0 Å². The molecule has 0 radical (unpaired) electrons. The van der Waals surface area contributed by atoms with Crippen molar-refractivity contribution >= 4 is 28.7 Å². The zero-order valence-corrected chi connectivity index (χ0v) is 10.6. The van der Waals surface area contributed by atoms with Gasteiger partial charge in [-0.05, 0) is 6.26 Å². The van der Waals surface area contributed by atoms with E-state index in [1.165, 1.54) is 6.26 Å². The SMILES string of the molecule is CS/C(=N\C(=O)C1CC1(F)F)NC(=O)C1CC1(F)F. The van der Waals surface area contributed by atoms with E-state index < -0.39 is 48.3 Å². The first-order valence-corrected chi connectivity index (χ1v) is 6.63. The zero-order valence-electron chi connectivity index (χ0n) is 9.75. The van der Waals surface area contributed by atoms with Gasteiger partial charge in [0.2, 0.25) is 5.91 Å². The second-order valence-electron chi connectivity index (χ2n) is 4.48. The van der Waals surface area contributed by atoms with Crippen molar-refractivity contribution < 1.29 is 27.2 Å². The minimum Gasteiger partial charge on any atom is -0.305 e. The summed E-state index contributed by atoms with van der Waals surface area (Å²) in [5, 5.41) is 1.82. The maximum Gasteiger partial charge on any atom is 0.260 e. The number of halogens is 4. The van der Waals surface area contributed by atoms with Crippen LogP contribution in [0.25, 0.3) is 0 Å². The number of nitrogens with zero attached hydrogens (tertiary/aromatic N) is 1. The molecule has 1 N–H and O–H groups in total. The number of thioether (sulfide) groups is 1. The summed E-state index contributed by atoms with van der Waals surface area (Å²) >= 11 is 0.825. The van der Waals surface area contributed by atoms with E-state index in [0.29, 0.717) is 0 Å². The van der Waals surface area contributed by atoms with Crippen molar-refractivity contribution in [1.82, 2.24) is 5.32 Å². The fourth-order valence-electron chi connectivity index (χ4n) is 1.47. The lowest BCUT2D eigenvalue weighted by Crippen LogP contribution is -2.32. The van der Waals surface area contributed by atoms with Crippen LogP contribution in [0.15, 0.2) is 4.99 Å². The van der Waals surface area contributed by atoms with Crippen LogP contribution in [-0.4, -0.2) is 35.1 Å². The number of rotatable bonds is 2. The molecular formula is C10H10F4N2O2S. The zero-order chi connectivity index (χ0) is 14.4. The molecule has 0 spiro atoms. The number of alkyl halides is 4. The third-order valence-electron chi connectivity index (χ3n) is 2.90. The topological polar surface area (TPSA) is 58.5 Å². The molecule has 0 aliphatic heterocycles. The van der Waals surface area contributed by atoms with E-state index >= 15 is 0 Å². The van der Waals surface area contributed by atoms with E-state index in [9.17, 15) is 27.2 Å². The van der Waals surface area contributed by atoms with Gasteiger partial charge in [-0.3, -0.25) is 9.59 Å². The quantitative estimate of drug-likeness (QED) is 0.479. The summed E-state index contributed by atoms with van der Waals surface area (Å²) in [5.74, 6) is -11.0. The molecule has 2 atom stereocenters. The number of aliphatic imine (C=N–C) groups is 1. The van der Waals surface area contributed by atoms with E-state index in [2.05, 4.69) is 10.3 Å². The highest BCUT2D eigenvalue weighted by atomic mass is 32.2. The lowest BCUT2D eigenvalue weighted by atomic mass is 10.4.